The number of para-hydroxylation sites is 1. The largest absolute Gasteiger partial charge is 0.491 e. The predicted octanol–water partition coefficient (Wildman–Crippen LogP) is 3.18. The number of alkyl halides is 3. The molecule has 1 fully saturated rings. The van der Waals surface area contributed by atoms with Crippen molar-refractivity contribution < 1.29 is 26.3 Å². The van der Waals surface area contributed by atoms with Crippen LogP contribution in [0.4, 0.5) is 13.2 Å². The molecule has 2 rings (SSSR count). The Morgan fingerprint density at radius 1 is 1.31 bits per heavy atom. The van der Waals surface area contributed by atoms with Crippen LogP contribution in [0.25, 0.3) is 0 Å². The van der Waals surface area contributed by atoms with Crippen molar-refractivity contribution in [2.75, 3.05) is 38.5 Å². The Labute approximate surface area is 186 Å². The summed E-state index contributed by atoms with van der Waals surface area (Å²) in [6.07, 6.45) is -4.49. The zero-order chi connectivity index (χ0) is 21.0. The molecule has 1 aliphatic rings. The van der Waals surface area contributed by atoms with Gasteiger partial charge in [-0.25, -0.2) is 13.4 Å². The summed E-state index contributed by atoms with van der Waals surface area (Å²) in [6.45, 7) is 6.53. The molecule has 11 heteroatoms. The number of hydrogen-bond donors (Lipinski definition) is 1. The van der Waals surface area contributed by atoms with Crippen molar-refractivity contribution in [3.8, 4) is 5.75 Å². The van der Waals surface area contributed by atoms with Crippen molar-refractivity contribution in [3.63, 3.8) is 0 Å². The minimum atomic E-state index is -4.49. The summed E-state index contributed by atoms with van der Waals surface area (Å²) in [5.74, 6) is 0.318. The molecule has 0 unspecified atom stereocenters. The fourth-order valence-corrected chi connectivity index (χ4v) is 4.25. The Bertz CT molecular complexity index is 814. The van der Waals surface area contributed by atoms with Crippen molar-refractivity contribution in [2.45, 2.75) is 31.7 Å². The van der Waals surface area contributed by atoms with Gasteiger partial charge < -0.3 is 15.0 Å². The first-order chi connectivity index (χ1) is 13.0. The second kappa shape index (κ2) is 10.2. The molecule has 1 aromatic carbocycles. The normalized spacial score (nSPS) is 18.7. The highest BCUT2D eigenvalue weighted by molar-refractivity contribution is 14.0. The fraction of sp³-hybridized carbons (Fsp3) is 0.611. The molecule has 0 aliphatic carbocycles. The lowest BCUT2D eigenvalue weighted by atomic mass is 10.2. The fourth-order valence-electron chi connectivity index (χ4n) is 2.88. The maximum absolute atomic E-state index is 13.0. The van der Waals surface area contributed by atoms with E-state index >= 15 is 0 Å². The van der Waals surface area contributed by atoms with Crippen molar-refractivity contribution in [3.05, 3.63) is 29.8 Å². The third-order valence-electron chi connectivity index (χ3n) is 4.48. The summed E-state index contributed by atoms with van der Waals surface area (Å²) in [4.78, 5) is 6.24. The van der Waals surface area contributed by atoms with Crippen LogP contribution in [0, 0.1) is 0 Å². The van der Waals surface area contributed by atoms with Gasteiger partial charge in [0.25, 0.3) is 0 Å². The lowest BCUT2D eigenvalue weighted by molar-refractivity contribution is -0.138. The summed E-state index contributed by atoms with van der Waals surface area (Å²) >= 11 is 0. The zero-order valence-electron chi connectivity index (χ0n) is 16.6. The topological polar surface area (TPSA) is 71.0 Å². The van der Waals surface area contributed by atoms with E-state index in [-0.39, 0.29) is 48.6 Å². The summed E-state index contributed by atoms with van der Waals surface area (Å²) in [5.41, 5.74) is -0.825. The number of halogens is 4. The van der Waals surface area contributed by atoms with Gasteiger partial charge in [-0.1, -0.05) is 12.1 Å². The number of nitrogens with one attached hydrogen (secondary N) is 1. The van der Waals surface area contributed by atoms with Gasteiger partial charge in [-0.15, -0.1) is 24.0 Å². The van der Waals surface area contributed by atoms with Gasteiger partial charge in [0, 0.05) is 19.6 Å². The molecule has 29 heavy (non-hydrogen) atoms. The lowest BCUT2D eigenvalue weighted by Gasteiger charge is -2.39. The lowest BCUT2D eigenvalue weighted by Crippen LogP contribution is -2.57. The highest BCUT2D eigenvalue weighted by Gasteiger charge is 2.41. The van der Waals surface area contributed by atoms with E-state index in [1.54, 1.807) is 13.8 Å². The molecule has 0 spiro atoms. The third-order valence-corrected chi connectivity index (χ3v) is 7.01. The van der Waals surface area contributed by atoms with Crippen molar-refractivity contribution >= 4 is 39.8 Å². The highest BCUT2D eigenvalue weighted by Crippen LogP contribution is 2.35. The van der Waals surface area contributed by atoms with Crippen LogP contribution in [-0.4, -0.2) is 62.6 Å². The van der Waals surface area contributed by atoms with Crippen LogP contribution in [0.2, 0.25) is 0 Å². The van der Waals surface area contributed by atoms with Crippen LogP contribution in [0.3, 0.4) is 0 Å². The van der Waals surface area contributed by atoms with Crippen LogP contribution in [0.15, 0.2) is 29.3 Å². The molecule has 0 amide bonds. The number of rotatable bonds is 5. The number of nitrogens with zero attached hydrogens (tertiary/aromatic N) is 2. The molecule has 1 saturated heterocycles. The zero-order valence-corrected chi connectivity index (χ0v) is 19.8. The molecule has 6 nitrogen and oxygen atoms in total. The number of guanidine groups is 1. The van der Waals surface area contributed by atoms with Crippen molar-refractivity contribution in [1.29, 1.82) is 0 Å². The Balaban J connectivity index is 0.00000420. The molecule has 0 radical (unpaired) electrons. The smallest absolute Gasteiger partial charge is 0.419 e. The number of ether oxygens (including phenoxy) is 1. The standard InChI is InChI=1S/C18H26F3N3O3S.HI/c1-4-22-16(24-10-12-28(25,26)17(2,3)13-24)23-9-11-27-15-8-6-5-7-14(15)18(19,20)21;/h5-8H,4,9-13H2,1-3H3,(H,22,23);1H. The van der Waals surface area contributed by atoms with Crippen molar-refractivity contribution in [1.82, 2.24) is 10.2 Å². The van der Waals surface area contributed by atoms with E-state index in [0.717, 1.165) is 6.07 Å². The molecular weight excluding hydrogens is 522 g/mol. The van der Waals surface area contributed by atoms with Gasteiger partial charge in [-0.3, -0.25) is 0 Å². The van der Waals surface area contributed by atoms with Crippen LogP contribution < -0.4 is 10.1 Å². The second-order valence-electron chi connectivity index (χ2n) is 7.08. The molecule has 0 saturated carbocycles. The predicted molar refractivity (Wildman–Crippen MR) is 118 cm³/mol. The molecule has 1 aliphatic heterocycles. The van der Waals surface area contributed by atoms with Crippen LogP contribution >= 0.6 is 24.0 Å². The molecule has 0 bridgehead atoms. The molecule has 0 atom stereocenters. The van der Waals surface area contributed by atoms with Gasteiger partial charge in [0.1, 0.15) is 12.4 Å². The van der Waals surface area contributed by atoms with E-state index in [9.17, 15) is 21.6 Å². The maximum Gasteiger partial charge on any atom is 0.419 e. The first kappa shape index (κ1) is 25.8. The molecule has 1 N–H and O–H groups in total. The Morgan fingerprint density at radius 2 is 1.97 bits per heavy atom. The van der Waals surface area contributed by atoms with Crippen LogP contribution in [0.5, 0.6) is 5.75 Å². The second-order valence-corrected chi connectivity index (χ2v) is 9.82. The van der Waals surface area contributed by atoms with E-state index in [1.807, 2.05) is 11.8 Å². The summed E-state index contributed by atoms with van der Waals surface area (Å²) in [7, 11) is -3.18. The Kier molecular flexibility index (Phi) is 9.06. The highest BCUT2D eigenvalue weighted by atomic mass is 127. The summed E-state index contributed by atoms with van der Waals surface area (Å²) in [6, 6.07) is 5.03. The minimum Gasteiger partial charge on any atom is -0.491 e. The monoisotopic (exact) mass is 549 g/mol. The maximum atomic E-state index is 13.0. The van der Waals surface area contributed by atoms with Crippen LogP contribution in [0.1, 0.15) is 26.3 Å². The quantitative estimate of drug-likeness (QED) is 0.265. The van der Waals surface area contributed by atoms with Gasteiger partial charge >= 0.3 is 6.18 Å². The van der Waals surface area contributed by atoms with E-state index in [2.05, 4.69) is 10.3 Å². The molecule has 0 aromatic heterocycles. The van der Waals surface area contributed by atoms with E-state index in [0.29, 0.717) is 25.6 Å². The SMILES string of the molecule is CCNC(=NCCOc1ccccc1C(F)(F)F)N1CCS(=O)(=O)C(C)(C)C1.I. The van der Waals surface area contributed by atoms with Gasteiger partial charge in [0.15, 0.2) is 15.8 Å². The van der Waals surface area contributed by atoms with Gasteiger partial charge in [-0.2, -0.15) is 13.2 Å². The van der Waals surface area contributed by atoms with E-state index in [4.69, 9.17) is 4.74 Å². The number of hydrogen-bond acceptors (Lipinski definition) is 4. The van der Waals surface area contributed by atoms with E-state index in [1.165, 1.54) is 18.2 Å². The minimum absolute atomic E-state index is 0. The summed E-state index contributed by atoms with van der Waals surface area (Å²) in [5, 5.41) is 3.10. The van der Waals surface area contributed by atoms with Crippen LogP contribution in [-0.2, 0) is 16.0 Å². The third kappa shape index (κ3) is 6.63. The molecular formula is C18H27F3IN3O3S. The molecule has 1 aromatic rings. The Morgan fingerprint density at radius 3 is 2.55 bits per heavy atom. The van der Waals surface area contributed by atoms with Gasteiger partial charge in [0.05, 0.1) is 22.6 Å². The first-order valence-corrected chi connectivity index (χ1v) is 10.7. The molecule has 166 valence electrons. The Hall–Kier alpha value is -1.24. The van der Waals surface area contributed by atoms with Gasteiger partial charge in [0.2, 0.25) is 0 Å². The number of benzene rings is 1. The molecule has 1 heterocycles. The summed E-state index contributed by atoms with van der Waals surface area (Å²) < 4.78 is 67.7. The van der Waals surface area contributed by atoms with E-state index < -0.39 is 26.3 Å². The van der Waals surface area contributed by atoms with Gasteiger partial charge in [-0.05, 0) is 32.9 Å². The number of aliphatic imine (C=N–C) groups is 1. The first-order valence-electron chi connectivity index (χ1n) is 9.02. The average molecular weight is 549 g/mol. The number of sulfone groups is 1. The van der Waals surface area contributed by atoms with Crippen molar-refractivity contribution in [2.24, 2.45) is 4.99 Å². The average Bonchev–Trinajstić information content (AvgIpc) is 2.59.